The van der Waals surface area contributed by atoms with Crippen LogP contribution in [0, 0.1) is 6.92 Å². The highest BCUT2D eigenvalue weighted by molar-refractivity contribution is 5.75. The molecule has 33 heavy (non-hydrogen) atoms. The number of rotatable bonds is 6. The van der Waals surface area contributed by atoms with Crippen molar-refractivity contribution < 1.29 is 14.2 Å². The summed E-state index contributed by atoms with van der Waals surface area (Å²) in [7, 11) is 1.59. The molecule has 0 unspecified atom stereocenters. The largest absolute Gasteiger partial charge is 0.493 e. The Morgan fingerprint density at radius 1 is 0.909 bits per heavy atom. The van der Waals surface area contributed by atoms with Gasteiger partial charge in [0.1, 0.15) is 24.7 Å². The van der Waals surface area contributed by atoms with Crippen LogP contribution in [0.15, 0.2) is 61.1 Å². The second-order valence-corrected chi connectivity index (χ2v) is 7.34. The Morgan fingerprint density at radius 2 is 1.79 bits per heavy atom. The van der Waals surface area contributed by atoms with Gasteiger partial charge in [-0.1, -0.05) is 0 Å². The highest BCUT2D eigenvalue weighted by Gasteiger charge is 2.19. The zero-order valence-corrected chi connectivity index (χ0v) is 18.2. The molecule has 1 aliphatic heterocycles. The zero-order chi connectivity index (χ0) is 22.6. The Hall–Kier alpha value is -4.40. The number of hydrogen-bond donors (Lipinski definition) is 2. The third-order valence-electron chi connectivity index (χ3n) is 4.97. The van der Waals surface area contributed by atoms with Crippen LogP contribution in [-0.2, 0) is 0 Å². The summed E-state index contributed by atoms with van der Waals surface area (Å²) in [6, 6.07) is 13.2. The Morgan fingerprint density at radius 3 is 2.67 bits per heavy atom. The molecular formula is C24H22N6O3. The Bertz CT molecular complexity index is 1280. The van der Waals surface area contributed by atoms with E-state index < -0.39 is 0 Å². The Kier molecular flexibility index (Phi) is 5.59. The molecule has 0 saturated carbocycles. The predicted octanol–water partition coefficient (Wildman–Crippen LogP) is 4.51. The van der Waals surface area contributed by atoms with E-state index in [2.05, 4.69) is 30.6 Å². The topological polar surface area (TPSA) is 103 Å². The lowest BCUT2D eigenvalue weighted by Gasteiger charge is -2.21. The summed E-state index contributed by atoms with van der Waals surface area (Å²) in [5.41, 5.74) is 4.15. The van der Waals surface area contributed by atoms with Gasteiger partial charge in [-0.15, -0.1) is 0 Å². The van der Waals surface area contributed by atoms with Gasteiger partial charge in [0.15, 0.2) is 11.5 Å². The third kappa shape index (κ3) is 4.47. The summed E-state index contributed by atoms with van der Waals surface area (Å²) in [6.07, 6.45) is 5.19. The van der Waals surface area contributed by atoms with E-state index in [1.54, 1.807) is 31.8 Å². The molecule has 166 valence electrons. The maximum absolute atomic E-state index is 5.70. The van der Waals surface area contributed by atoms with E-state index in [1.165, 1.54) is 0 Å². The first-order valence-electron chi connectivity index (χ1n) is 10.4. The van der Waals surface area contributed by atoms with Gasteiger partial charge in [-0.2, -0.15) is 4.98 Å². The van der Waals surface area contributed by atoms with Crippen LogP contribution < -0.4 is 24.8 Å². The van der Waals surface area contributed by atoms with E-state index in [0.29, 0.717) is 42.2 Å². The van der Waals surface area contributed by atoms with Gasteiger partial charge >= 0.3 is 0 Å². The van der Waals surface area contributed by atoms with Gasteiger partial charge in [-0.05, 0) is 42.8 Å². The maximum Gasteiger partial charge on any atom is 0.229 e. The summed E-state index contributed by atoms with van der Waals surface area (Å²) in [5, 5.41) is 6.53. The van der Waals surface area contributed by atoms with Gasteiger partial charge in [0, 0.05) is 36.4 Å². The van der Waals surface area contributed by atoms with Crippen LogP contribution in [-0.4, -0.2) is 40.3 Å². The number of nitrogens with zero attached hydrogens (tertiary/aromatic N) is 4. The molecule has 1 aliphatic rings. The van der Waals surface area contributed by atoms with Crippen molar-refractivity contribution in [3.63, 3.8) is 0 Å². The highest BCUT2D eigenvalue weighted by atomic mass is 16.6. The average Bonchev–Trinajstić information content (AvgIpc) is 2.84. The first-order valence-corrected chi connectivity index (χ1v) is 10.4. The molecule has 9 heteroatoms. The van der Waals surface area contributed by atoms with Crippen molar-refractivity contribution in [2.45, 2.75) is 6.92 Å². The smallest absolute Gasteiger partial charge is 0.229 e. The zero-order valence-electron chi connectivity index (χ0n) is 18.2. The predicted molar refractivity (Wildman–Crippen MR) is 125 cm³/mol. The van der Waals surface area contributed by atoms with Crippen LogP contribution >= 0.6 is 0 Å². The number of fused-ring (bicyclic) bond motifs is 1. The Balaban J connectivity index is 1.40. The molecule has 5 rings (SSSR count). The molecule has 4 aromatic rings. The normalized spacial score (nSPS) is 12.2. The van der Waals surface area contributed by atoms with Crippen molar-refractivity contribution in [2.24, 2.45) is 0 Å². The number of benzene rings is 1. The number of methoxy groups -OCH3 is 1. The maximum atomic E-state index is 5.70. The first-order chi connectivity index (χ1) is 16.2. The quantitative estimate of drug-likeness (QED) is 0.446. The molecule has 0 spiro atoms. The van der Waals surface area contributed by atoms with Crippen molar-refractivity contribution in [2.75, 3.05) is 31.0 Å². The number of pyridine rings is 2. The van der Waals surface area contributed by atoms with Crippen LogP contribution in [0.25, 0.3) is 11.4 Å². The number of hydrogen-bond acceptors (Lipinski definition) is 9. The molecule has 3 aromatic heterocycles. The number of ether oxygens (including phenoxy) is 3. The van der Waals surface area contributed by atoms with E-state index in [1.807, 2.05) is 43.3 Å². The standard InChI is InChI=1S/C24H22N6O3/c1-15-5-8-25-18(12-15)22-17(4-3-7-26-22)29-21-6-9-27-24(30-21)28-16-13-19(31-2)23-20(14-16)32-10-11-33-23/h3-9,12-14H,10-11H2,1-2H3,(H2,27,28,29,30). The monoisotopic (exact) mass is 442 g/mol. The summed E-state index contributed by atoms with van der Waals surface area (Å²) < 4.78 is 16.8. The first kappa shape index (κ1) is 20.5. The molecular weight excluding hydrogens is 420 g/mol. The van der Waals surface area contributed by atoms with E-state index in [0.717, 1.165) is 28.3 Å². The van der Waals surface area contributed by atoms with Gasteiger partial charge in [-0.3, -0.25) is 9.97 Å². The van der Waals surface area contributed by atoms with Crippen LogP contribution in [0.4, 0.5) is 23.1 Å². The fourth-order valence-corrected chi connectivity index (χ4v) is 3.48. The third-order valence-corrected chi connectivity index (χ3v) is 4.97. The molecule has 2 N–H and O–H groups in total. The molecule has 0 aliphatic carbocycles. The van der Waals surface area contributed by atoms with Crippen LogP contribution in [0.1, 0.15) is 5.56 Å². The number of aromatic nitrogens is 4. The van der Waals surface area contributed by atoms with Crippen molar-refractivity contribution >= 4 is 23.1 Å². The minimum absolute atomic E-state index is 0.415. The molecule has 0 bridgehead atoms. The molecule has 0 amide bonds. The van der Waals surface area contributed by atoms with Gasteiger partial charge < -0.3 is 24.8 Å². The van der Waals surface area contributed by atoms with Crippen molar-refractivity contribution in [3.8, 4) is 28.6 Å². The summed E-state index contributed by atoms with van der Waals surface area (Å²) in [5.74, 6) is 2.81. The van der Waals surface area contributed by atoms with Crippen LogP contribution in [0.3, 0.4) is 0 Å². The summed E-state index contributed by atoms with van der Waals surface area (Å²) >= 11 is 0. The van der Waals surface area contributed by atoms with Gasteiger partial charge in [0.05, 0.1) is 18.5 Å². The minimum atomic E-state index is 0.415. The second-order valence-electron chi connectivity index (χ2n) is 7.34. The van der Waals surface area contributed by atoms with Crippen LogP contribution in [0.5, 0.6) is 17.2 Å². The van der Waals surface area contributed by atoms with Crippen molar-refractivity contribution in [1.29, 1.82) is 0 Å². The SMILES string of the molecule is COc1cc(Nc2nccc(Nc3cccnc3-c3cc(C)ccn3)n2)cc2c1OCCO2. The molecule has 1 aromatic carbocycles. The number of nitrogens with one attached hydrogen (secondary N) is 2. The van der Waals surface area contributed by atoms with E-state index in [-0.39, 0.29) is 0 Å². The lowest BCUT2D eigenvalue weighted by molar-refractivity contribution is 0.165. The van der Waals surface area contributed by atoms with Crippen molar-refractivity contribution in [1.82, 2.24) is 19.9 Å². The van der Waals surface area contributed by atoms with Gasteiger partial charge in [0.2, 0.25) is 11.7 Å². The second kappa shape index (κ2) is 8.99. The molecule has 9 nitrogen and oxygen atoms in total. The van der Waals surface area contributed by atoms with E-state index in [9.17, 15) is 0 Å². The molecule has 0 saturated heterocycles. The summed E-state index contributed by atoms with van der Waals surface area (Å²) in [6.45, 7) is 3.00. The van der Waals surface area contributed by atoms with Crippen molar-refractivity contribution in [3.05, 3.63) is 66.6 Å². The van der Waals surface area contributed by atoms with Gasteiger partial charge in [-0.25, -0.2) is 4.98 Å². The lowest BCUT2D eigenvalue weighted by Crippen LogP contribution is -2.16. The molecule has 0 radical (unpaired) electrons. The highest BCUT2D eigenvalue weighted by Crippen LogP contribution is 2.42. The summed E-state index contributed by atoms with van der Waals surface area (Å²) in [4.78, 5) is 17.9. The fourth-order valence-electron chi connectivity index (χ4n) is 3.48. The number of aryl methyl sites for hydroxylation is 1. The van der Waals surface area contributed by atoms with E-state index in [4.69, 9.17) is 14.2 Å². The minimum Gasteiger partial charge on any atom is -0.493 e. The Labute approximate surface area is 190 Å². The van der Waals surface area contributed by atoms with E-state index >= 15 is 0 Å². The number of anilines is 4. The fraction of sp³-hybridized carbons (Fsp3) is 0.167. The van der Waals surface area contributed by atoms with Crippen LogP contribution in [0.2, 0.25) is 0 Å². The molecule has 4 heterocycles. The average molecular weight is 442 g/mol. The lowest BCUT2D eigenvalue weighted by atomic mass is 10.1. The molecule has 0 atom stereocenters. The molecule has 0 fully saturated rings. The van der Waals surface area contributed by atoms with Gasteiger partial charge in [0.25, 0.3) is 0 Å².